The highest BCUT2D eigenvalue weighted by Crippen LogP contribution is 2.44. The summed E-state index contributed by atoms with van der Waals surface area (Å²) in [6, 6.07) is 0. The molecular weight excluding hydrogens is 347 g/mol. The summed E-state index contributed by atoms with van der Waals surface area (Å²) in [5.74, 6) is -1.67. The van der Waals surface area contributed by atoms with Crippen LogP contribution in [0.2, 0.25) is 0 Å². The summed E-state index contributed by atoms with van der Waals surface area (Å²) in [6.07, 6.45) is -9.92. The lowest BCUT2D eigenvalue weighted by atomic mass is 10.1. The van der Waals surface area contributed by atoms with E-state index >= 15 is 0 Å². The molecule has 4 aliphatic heterocycles. The van der Waals surface area contributed by atoms with Crippen molar-refractivity contribution in [3.8, 4) is 0 Å². The van der Waals surface area contributed by atoms with Gasteiger partial charge in [-0.25, -0.2) is 9.59 Å². The molecule has 0 bridgehead atoms. The molecule has 0 radical (unpaired) electrons. The minimum absolute atomic E-state index is 0.672. The van der Waals surface area contributed by atoms with Crippen LogP contribution in [-0.2, 0) is 37.7 Å². The number of hydrogen-bond donors (Lipinski definition) is 4. The summed E-state index contributed by atoms with van der Waals surface area (Å²) in [5.41, 5.74) is 0. The van der Waals surface area contributed by atoms with Gasteiger partial charge < -0.3 is 48.5 Å². The molecule has 0 aromatic rings. The molecule has 0 aliphatic carbocycles. The Morgan fingerprint density at radius 3 is 1.56 bits per heavy atom. The van der Waals surface area contributed by atoms with Gasteiger partial charge in [-0.3, -0.25) is 0 Å². The fraction of sp³-hybridized carbons (Fsp3) is 0.833. The Labute approximate surface area is 140 Å². The van der Waals surface area contributed by atoms with E-state index in [0.717, 1.165) is 0 Å². The molecule has 25 heavy (non-hydrogen) atoms. The number of esters is 2. The van der Waals surface area contributed by atoms with Crippen LogP contribution in [0.25, 0.3) is 0 Å². The number of hydrogen-bond acceptors (Lipinski definition) is 12. The van der Waals surface area contributed by atoms with Gasteiger partial charge in [0.25, 0.3) is 0 Å². The van der Waals surface area contributed by atoms with E-state index in [9.17, 15) is 19.8 Å². The molecule has 1 spiro atoms. The fourth-order valence-electron chi connectivity index (χ4n) is 3.45. The number of aliphatic hydroxyl groups excluding tert-OH is 4. The SMILES string of the molecule is O=C1OC(C(O)CO)C2O[B-]3(OC12)OC1C(=O)OC(C(O)CO)C1O3. The van der Waals surface area contributed by atoms with Gasteiger partial charge in [0.15, 0.2) is 12.2 Å². The van der Waals surface area contributed by atoms with Crippen molar-refractivity contribution >= 4 is 18.9 Å². The second-order valence-corrected chi connectivity index (χ2v) is 6.19. The average molecular weight is 363 g/mol. The van der Waals surface area contributed by atoms with Gasteiger partial charge in [-0.1, -0.05) is 0 Å². The Balaban J connectivity index is 1.54. The molecule has 4 saturated heterocycles. The van der Waals surface area contributed by atoms with Crippen molar-refractivity contribution in [3.05, 3.63) is 0 Å². The van der Waals surface area contributed by atoms with Gasteiger partial charge in [0.2, 0.25) is 0 Å². The largest absolute Gasteiger partial charge is 0.533 e. The van der Waals surface area contributed by atoms with Gasteiger partial charge in [-0.2, -0.15) is 0 Å². The minimum Gasteiger partial charge on any atom is -0.511 e. The third-order valence-corrected chi connectivity index (χ3v) is 4.62. The second-order valence-electron chi connectivity index (χ2n) is 6.19. The van der Waals surface area contributed by atoms with E-state index in [2.05, 4.69) is 0 Å². The molecule has 0 aromatic carbocycles. The molecule has 4 fully saturated rings. The summed E-state index contributed by atoms with van der Waals surface area (Å²) >= 11 is 0. The molecule has 0 aromatic heterocycles. The first-order valence-corrected chi connectivity index (χ1v) is 7.72. The zero-order valence-corrected chi connectivity index (χ0v) is 12.7. The van der Waals surface area contributed by atoms with E-state index < -0.39 is 80.9 Å². The van der Waals surface area contributed by atoms with E-state index in [1.54, 1.807) is 0 Å². The number of ether oxygens (including phenoxy) is 2. The molecule has 0 saturated carbocycles. The smallest absolute Gasteiger partial charge is 0.511 e. The third-order valence-electron chi connectivity index (χ3n) is 4.62. The van der Waals surface area contributed by atoms with Crippen LogP contribution in [0.1, 0.15) is 0 Å². The number of fused-ring (bicyclic) bond motifs is 2. The molecule has 8 atom stereocenters. The molecule has 8 unspecified atom stereocenters. The van der Waals surface area contributed by atoms with E-state index in [-0.39, 0.29) is 0 Å². The van der Waals surface area contributed by atoms with Gasteiger partial charge in [0.05, 0.1) is 25.4 Å². The number of rotatable bonds is 4. The van der Waals surface area contributed by atoms with Gasteiger partial charge in [0.1, 0.15) is 24.4 Å². The van der Waals surface area contributed by atoms with Crippen LogP contribution in [0.5, 0.6) is 0 Å². The lowest BCUT2D eigenvalue weighted by molar-refractivity contribution is -0.158. The van der Waals surface area contributed by atoms with Gasteiger partial charge in [-0.15, -0.1) is 0 Å². The predicted octanol–water partition coefficient (Wildman–Crippen LogP) is -4.45. The lowest BCUT2D eigenvalue weighted by Gasteiger charge is -2.33. The van der Waals surface area contributed by atoms with E-state index in [0.29, 0.717) is 0 Å². The molecule has 4 heterocycles. The fourth-order valence-corrected chi connectivity index (χ4v) is 3.45. The first-order chi connectivity index (χ1) is 11.9. The molecular formula is C12H16BO12-. The Kier molecular flexibility index (Phi) is 4.01. The average Bonchev–Trinajstić information content (AvgIpc) is 3.30. The van der Waals surface area contributed by atoms with Crippen molar-refractivity contribution in [2.24, 2.45) is 0 Å². The standard InChI is InChI=1S/C12H16BO12/c14-1-3(16)5-7-9(11(18)20-5)24-13(22-7)23-8-6(4(17)2-15)21-12(19)10(8)25-13/h3-10,14-17H,1-2H2/q-1. The molecule has 4 rings (SSSR count). The zero-order chi connectivity index (χ0) is 17.9. The highest BCUT2D eigenvalue weighted by molar-refractivity contribution is 6.55. The van der Waals surface area contributed by atoms with E-state index in [1.165, 1.54) is 0 Å². The van der Waals surface area contributed by atoms with Crippen LogP contribution in [0.15, 0.2) is 0 Å². The van der Waals surface area contributed by atoms with Crippen LogP contribution < -0.4 is 0 Å². The van der Waals surface area contributed by atoms with Crippen molar-refractivity contribution < 1.29 is 58.1 Å². The maximum atomic E-state index is 11.9. The van der Waals surface area contributed by atoms with Crippen LogP contribution in [-0.4, -0.2) is 101 Å². The van der Waals surface area contributed by atoms with Crippen molar-refractivity contribution in [3.63, 3.8) is 0 Å². The number of carbonyl (C=O) groups excluding carboxylic acids is 2. The van der Waals surface area contributed by atoms with Gasteiger partial charge in [-0.05, 0) is 0 Å². The Hall–Kier alpha value is -1.32. The van der Waals surface area contributed by atoms with Gasteiger partial charge in [0, 0.05) is 0 Å². The van der Waals surface area contributed by atoms with Crippen LogP contribution >= 0.6 is 0 Å². The summed E-state index contributed by atoms with van der Waals surface area (Å²) in [7, 11) is 0. The molecule has 0 amide bonds. The van der Waals surface area contributed by atoms with Crippen molar-refractivity contribution in [2.45, 2.75) is 48.8 Å². The summed E-state index contributed by atoms with van der Waals surface area (Å²) in [5, 5.41) is 37.5. The predicted molar refractivity (Wildman–Crippen MR) is 71.2 cm³/mol. The van der Waals surface area contributed by atoms with Gasteiger partial charge >= 0.3 is 18.9 Å². The van der Waals surface area contributed by atoms with Crippen molar-refractivity contribution in [1.82, 2.24) is 0 Å². The summed E-state index contributed by atoms with van der Waals surface area (Å²) in [6.45, 7) is -4.33. The van der Waals surface area contributed by atoms with Crippen molar-refractivity contribution in [2.75, 3.05) is 13.2 Å². The van der Waals surface area contributed by atoms with Crippen LogP contribution in [0.4, 0.5) is 0 Å². The highest BCUT2D eigenvalue weighted by Gasteiger charge is 2.66. The number of aliphatic hydroxyl groups is 4. The van der Waals surface area contributed by atoms with E-state index in [4.69, 9.17) is 38.3 Å². The Bertz CT molecular complexity index is 534. The quantitative estimate of drug-likeness (QED) is 0.279. The molecule has 4 aliphatic rings. The van der Waals surface area contributed by atoms with Crippen LogP contribution in [0.3, 0.4) is 0 Å². The first kappa shape index (κ1) is 17.1. The summed E-state index contributed by atoms with van der Waals surface area (Å²) in [4.78, 5) is 23.7. The normalized spacial score (nSPS) is 47.5. The first-order valence-electron chi connectivity index (χ1n) is 7.72. The van der Waals surface area contributed by atoms with Crippen LogP contribution in [0, 0.1) is 0 Å². The topological polar surface area (TPSA) is 170 Å². The Morgan fingerprint density at radius 2 is 1.20 bits per heavy atom. The molecule has 13 heteroatoms. The molecule has 4 N–H and O–H groups in total. The second kappa shape index (κ2) is 5.85. The maximum Gasteiger partial charge on any atom is 0.533 e. The third kappa shape index (κ3) is 2.47. The lowest BCUT2D eigenvalue weighted by Crippen LogP contribution is -2.48. The zero-order valence-electron chi connectivity index (χ0n) is 12.7. The van der Waals surface area contributed by atoms with Crippen molar-refractivity contribution in [1.29, 1.82) is 0 Å². The van der Waals surface area contributed by atoms with E-state index in [1.807, 2.05) is 0 Å². The highest BCUT2D eigenvalue weighted by atomic mass is 16.9. The minimum atomic E-state index is -2.99. The number of cyclic esters (lactones) is 2. The molecule has 12 nitrogen and oxygen atoms in total. The maximum absolute atomic E-state index is 11.9. The monoisotopic (exact) mass is 363 g/mol. The molecule has 140 valence electrons. The summed E-state index contributed by atoms with van der Waals surface area (Å²) < 4.78 is 31.6. The number of carbonyl (C=O) groups is 2. The Morgan fingerprint density at radius 1 is 0.800 bits per heavy atom.